The number of amides is 2. The average molecular weight is 298 g/mol. The SMILES string of the molecule is CCCC1NC(=O)C(C(C)C)N(CC2CCCS2)C1=O. The maximum atomic E-state index is 12.7. The Hall–Kier alpha value is -0.710. The van der Waals surface area contributed by atoms with Crippen LogP contribution < -0.4 is 5.32 Å². The summed E-state index contributed by atoms with van der Waals surface area (Å²) in [6.45, 7) is 6.82. The molecule has 0 saturated carbocycles. The highest BCUT2D eigenvalue weighted by atomic mass is 32.2. The normalized spacial score (nSPS) is 31.0. The number of carbonyl (C=O) groups is 2. The molecule has 2 amide bonds. The smallest absolute Gasteiger partial charge is 0.245 e. The molecule has 3 atom stereocenters. The summed E-state index contributed by atoms with van der Waals surface area (Å²) in [5.41, 5.74) is 0. The molecule has 0 bridgehead atoms. The van der Waals surface area contributed by atoms with E-state index in [0.29, 0.717) is 5.25 Å². The molecule has 2 rings (SSSR count). The van der Waals surface area contributed by atoms with Crippen LogP contribution in [0.3, 0.4) is 0 Å². The van der Waals surface area contributed by atoms with Gasteiger partial charge >= 0.3 is 0 Å². The first-order valence-electron chi connectivity index (χ1n) is 7.77. The van der Waals surface area contributed by atoms with Crippen molar-refractivity contribution in [1.82, 2.24) is 10.2 Å². The van der Waals surface area contributed by atoms with Crippen molar-refractivity contribution in [1.29, 1.82) is 0 Å². The third kappa shape index (κ3) is 3.30. The van der Waals surface area contributed by atoms with Gasteiger partial charge in [-0.1, -0.05) is 27.2 Å². The van der Waals surface area contributed by atoms with E-state index < -0.39 is 0 Å². The van der Waals surface area contributed by atoms with Gasteiger partial charge in [0.15, 0.2) is 0 Å². The zero-order chi connectivity index (χ0) is 14.7. The number of piperazine rings is 1. The van der Waals surface area contributed by atoms with Crippen LogP contribution >= 0.6 is 11.8 Å². The Balaban J connectivity index is 2.14. The van der Waals surface area contributed by atoms with Gasteiger partial charge in [-0.15, -0.1) is 0 Å². The van der Waals surface area contributed by atoms with Gasteiger partial charge in [-0.05, 0) is 30.9 Å². The van der Waals surface area contributed by atoms with Crippen LogP contribution in [0.25, 0.3) is 0 Å². The van der Waals surface area contributed by atoms with Gasteiger partial charge in [0.05, 0.1) is 0 Å². The fraction of sp³-hybridized carbons (Fsp3) is 0.867. The Kier molecular flexibility index (Phi) is 5.35. The molecule has 0 aromatic carbocycles. The molecule has 5 heteroatoms. The van der Waals surface area contributed by atoms with Gasteiger partial charge in [0.1, 0.15) is 12.1 Å². The van der Waals surface area contributed by atoms with Crippen LogP contribution in [0.1, 0.15) is 46.5 Å². The van der Waals surface area contributed by atoms with E-state index in [1.807, 2.05) is 37.4 Å². The summed E-state index contributed by atoms with van der Waals surface area (Å²) in [6, 6.07) is -0.606. The molecule has 2 fully saturated rings. The number of thioether (sulfide) groups is 1. The van der Waals surface area contributed by atoms with Crippen molar-refractivity contribution in [2.24, 2.45) is 5.92 Å². The number of rotatable bonds is 5. The second kappa shape index (κ2) is 6.83. The van der Waals surface area contributed by atoms with Gasteiger partial charge in [0.25, 0.3) is 0 Å². The van der Waals surface area contributed by atoms with Crippen LogP contribution in [0.5, 0.6) is 0 Å². The summed E-state index contributed by atoms with van der Waals surface area (Å²) in [4.78, 5) is 26.9. The van der Waals surface area contributed by atoms with E-state index in [9.17, 15) is 9.59 Å². The fourth-order valence-electron chi connectivity index (χ4n) is 3.16. The molecule has 2 heterocycles. The first-order chi connectivity index (χ1) is 9.54. The monoisotopic (exact) mass is 298 g/mol. The van der Waals surface area contributed by atoms with Crippen molar-refractivity contribution < 1.29 is 9.59 Å². The third-order valence-electron chi connectivity index (χ3n) is 4.14. The molecule has 2 aliphatic rings. The van der Waals surface area contributed by atoms with Crippen molar-refractivity contribution in [3.05, 3.63) is 0 Å². The number of nitrogens with one attached hydrogen (secondary N) is 1. The first kappa shape index (κ1) is 15.7. The van der Waals surface area contributed by atoms with Gasteiger partial charge < -0.3 is 10.2 Å². The largest absolute Gasteiger partial charge is 0.342 e. The Labute approximate surface area is 126 Å². The van der Waals surface area contributed by atoms with E-state index >= 15 is 0 Å². The minimum Gasteiger partial charge on any atom is -0.342 e. The summed E-state index contributed by atoms with van der Waals surface area (Å²) >= 11 is 1.94. The highest BCUT2D eigenvalue weighted by Gasteiger charge is 2.42. The number of carbonyl (C=O) groups excluding carboxylic acids is 2. The van der Waals surface area contributed by atoms with Gasteiger partial charge in [-0.2, -0.15) is 11.8 Å². The topological polar surface area (TPSA) is 49.4 Å². The van der Waals surface area contributed by atoms with Crippen LogP contribution in [-0.2, 0) is 9.59 Å². The summed E-state index contributed by atoms with van der Waals surface area (Å²) in [7, 11) is 0. The molecule has 0 spiro atoms. The van der Waals surface area contributed by atoms with E-state index in [1.54, 1.807) is 0 Å². The zero-order valence-corrected chi connectivity index (χ0v) is 13.5. The Bertz CT molecular complexity index is 367. The fourth-order valence-corrected chi connectivity index (χ4v) is 4.42. The molecular formula is C15H26N2O2S. The lowest BCUT2D eigenvalue weighted by Gasteiger charge is -2.41. The van der Waals surface area contributed by atoms with Crippen molar-refractivity contribution in [3.63, 3.8) is 0 Å². The highest BCUT2D eigenvalue weighted by Crippen LogP contribution is 2.29. The van der Waals surface area contributed by atoms with Crippen molar-refractivity contribution >= 4 is 23.6 Å². The van der Waals surface area contributed by atoms with Crippen molar-refractivity contribution in [2.75, 3.05) is 12.3 Å². The minimum absolute atomic E-state index is 0.0287. The zero-order valence-electron chi connectivity index (χ0n) is 12.7. The molecule has 2 aliphatic heterocycles. The molecular weight excluding hydrogens is 272 g/mol. The van der Waals surface area contributed by atoms with E-state index in [2.05, 4.69) is 5.32 Å². The van der Waals surface area contributed by atoms with E-state index in [0.717, 1.165) is 19.4 Å². The van der Waals surface area contributed by atoms with Gasteiger partial charge in [0.2, 0.25) is 11.8 Å². The Morgan fingerprint density at radius 1 is 1.40 bits per heavy atom. The predicted octanol–water partition coefficient (Wildman–Crippen LogP) is 2.03. The maximum Gasteiger partial charge on any atom is 0.245 e. The molecule has 3 unspecified atom stereocenters. The Morgan fingerprint density at radius 2 is 2.15 bits per heavy atom. The number of hydrogen-bond acceptors (Lipinski definition) is 3. The molecule has 2 saturated heterocycles. The van der Waals surface area contributed by atoms with Crippen LogP contribution in [0.15, 0.2) is 0 Å². The van der Waals surface area contributed by atoms with Crippen molar-refractivity contribution in [2.45, 2.75) is 63.8 Å². The second-order valence-electron chi connectivity index (χ2n) is 6.16. The summed E-state index contributed by atoms with van der Waals surface area (Å²) in [5.74, 6) is 1.50. The predicted molar refractivity (Wildman–Crippen MR) is 82.7 cm³/mol. The van der Waals surface area contributed by atoms with E-state index in [4.69, 9.17) is 0 Å². The molecule has 0 radical (unpaired) electrons. The lowest BCUT2D eigenvalue weighted by atomic mass is 9.95. The third-order valence-corrected chi connectivity index (χ3v) is 5.52. The van der Waals surface area contributed by atoms with Crippen LogP contribution in [-0.4, -0.2) is 46.3 Å². The van der Waals surface area contributed by atoms with Crippen LogP contribution in [0, 0.1) is 5.92 Å². The van der Waals surface area contributed by atoms with Gasteiger partial charge in [-0.3, -0.25) is 9.59 Å². The van der Waals surface area contributed by atoms with Gasteiger partial charge in [-0.25, -0.2) is 0 Å². The molecule has 0 aromatic rings. The lowest BCUT2D eigenvalue weighted by Crippen LogP contribution is -2.65. The molecule has 4 nitrogen and oxygen atoms in total. The quantitative estimate of drug-likeness (QED) is 0.845. The highest BCUT2D eigenvalue weighted by molar-refractivity contribution is 8.00. The van der Waals surface area contributed by atoms with Crippen LogP contribution in [0.4, 0.5) is 0 Å². The minimum atomic E-state index is -0.311. The molecule has 1 N–H and O–H groups in total. The molecule has 0 aromatic heterocycles. The summed E-state index contributed by atoms with van der Waals surface area (Å²) in [5, 5.41) is 3.42. The lowest BCUT2D eigenvalue weighted by molar-refractivity contribution is -0.151. The first-order valence-corrected chi connectivity index (χ1v) is 8.82. The second-order valence-corrected chi connectivity index (χ2v) is 7.57. The molecule has 20 heavy (non-hydrogen) atoms. The van der Waals surface area contributed by atoms with Crippen LogP contribution in [0.2, 0.25) is 0 Å². The number of nitrogens with zero attached hydrogens (tertiary/aromatic N) is 1. The Morgan fingerprint density at radius 3 is 2.70 bits per heavy atom. The maximum absolute atomic E-state index is 12.7. The average Bonchev–Trinajstić information content (AvgIpc) is 2.88. The number of hydrogen-bond donors (Lipinski definition) is 1. The molecule has 0 aliphatic carbocycles. The van der Waals surface area contributed by atoms with Crippen molar-refractivity contribution in [3.8, 4) is 0 Å². The standard InChI is InChI=1S/C15H26N2O2S/c1-4-6-12-15(19)17(9-11-7-5-8-20-11)13(10(2)3)14(18)16-12/h10-13H,4-9H2,1-3H3,(H,16,18). The van der Waals surface area contributed by atoms with E-state index in [-0.39, 0.29) is 29.8 Å². The summed E-state index contributed by atoms with van der Waals surface area (Å²) in [6.07, 6.45) is 4.05. The van der Waals surface area contributed by atoms with E-state index in [1.165, 1.54) is 18.6 Å². The molecule has 114 valence electrons. The van der Waals surface area contributed by atoms with Gasteiger partial charge in [0, 0.05) is 11.8 Å². The summed E-state index contributed by atoms with van der Waals surface area (Å²) < 4.78 is 0.